The lowest BCUT2D eigenvalue weighted by molar-refractivity contribution is 0.0526. The predicted molar refractivity (Wildman–Crippen MR) is 112 cm³/mol. The Kier molecular flexibility index (Phi) is 7.61. The van der Waals surface area contributed by atoms with Gasteiger partial charge in [0.2, 0.25) is 0 Å². The highest BCUT2D eigenvalue weighted by atomic mass is 32.1. The zero-order valence-electron chi connectivity index (χ0n) is 16.2. The highest BCUT2D eigenvalue weighted by Gasteiger charge is 2.10. The molecule has 0 unspecified atom stereocenters. The molecule has 5 nitrogen and oxygen atoms in total. The number of anilines is 1. The van der Waals surface area contributed by atoms with Crippen molar-refractivity contribution >= 4 is 29.0 Å². The van der Waals surface area contributed by atoms with Gasteiger partial charge in [-0.2, -0.15) is 0 Å². The number of aryl methyl sites for hydroxylation is 1. The van der Waals surface area contributed by atoms with Crippen LogP contribution in [0, 0.1) is 6.92 Å². The van der Waals surface area contributed by atoms with E-state index in [4.69, 9.17) is 21.7 Å². The topological polar surface area (TPSA) is 59.6 Å². The van der Waals surface area contributed by atoms with Gasteiger partial charge in [-0.05, 0) is 75.3 Å². The third-order valence-corrected chi connectivity index (χ3v) is 3.99. The Morgan fingerprint density at radius 1 is 1.15 bits per heavy atom. The third-order valence-electron chi connectivity index (χ3n) is 3.75. The highest BCUT2D eigenvalue weighted by Crippen LogP contribution is 2.18. The molecule has 0 aromatic heterocycles. The van der Waals surface area contributed by atoms with Gasteiger partial charge in [0.15, 0.2) is 5.11 Å². The highest BCUT2D eigenvalue weighted by molar-refractivity contribution is 7.80. The molecule has 0 bridgehead atoms. The molecular weight excluding hydrogens is 360 g/mol. The number of hydrogen-bond donors (Lipinski definition) is 2. The molecule has 0 saturated heterocycles. The van der Waals surface area contributed by atoms with Gasteiger partial charge < -0.3 is 20.1 Å². The summed E-state index contributed by atoms with van der Waals surface area (Å²) in [5.41, 5.74) is 3.35. The molecule has 0 aliphatic rings. The largest absolute Gasteiger partial charge is 0.491 e. The first-order valence-corrected chi connectivity index (χ1v) is 9.38. The molecule has 0 amide bonds. The maximum Gasteiger partial charge on any atom is 0.338 e. The van der Waals surface area contributed by atoms with Gasteiger partial charge in [-0.3, -0.25) is 0 Å². The molecule has 0 aliphatic heterocycles. The number of carbonyl (C=O) groups excluding carboxylic acids is 1. The lowest BCUT2D eigenvalue weighted by atomic mass is 10.1. The first kappa shape index (κ1) is 20.7. The Bertz CT molecular complexity index is 789. The summed E-state index contributed by atoms with van der Waals surface area (Å²) in [5.74, 6) is 0.504. The Balaban J connectivity index is 1.93. The van der Waals surface area contributed by atoms with Crippen LogP contribution in [0.5, 0.6) is 5.75 Å². The maximum absolute atomic E-state index is 11.9. The molecule has 2 aromatic rings. The Hall–Kier alpha value is -2.60. The van der Waals surface area contributed by atoms with E-state index >= 15 is 0 Å². The zero-order valence-corrected chi connectivity index (χ0v) is 17.0. The Morgan fingerprint density at radius 2 is 1.85 bits per heavy atom. The van der Waals surface area contributed by atoms with Gasteiger partial charge in [0.25, 0.3) is 0 Å². The average Bonchev–Trinajstić information content (AvgIpc) is 2.62. The van der Waals surface area contributed by atoms with Gasteiger partial charge in [0, 0.05) is 12.2 Å². The average molecular weight is 387 g/mol. The molecule has 2 aromatic carbocycles. The van der Waals surface area contributed by atoms with Crippen LogP contribution in [0.2, 0.25) is 0 Å². The van der Waals surface area contributed by atoms with Crippen LogP contribution >= 0.6 is 12.2 Å². The van der Waals surface area contributed by atoms with Crippen molar-refractivity contribution in [2.24, 2.45) is 0 Å². The zero-order chi connectivity index (χ0) is 19.8. The van der Waals surface area contributed by atoms with Crippen LogP contribution in [-0.2, 0) is 11.3 Å². The standard InChI is InChI=1S/C21H26N2O3S/c1-5-25-20(24)17-9-6-15(4)19(12-17)23-21(27)22-13-16-7-10-18(11-8-16)26-14(2)3/h6-12,14H,5,13H2,1-4H3,(H2,22,23,27). The molecule has 0 atom stereocenters. The SMILES string of the molecule is CCOC(=O)c1ccc(C)c(NC(=S)NCc2ccc(OC(C)C)cc2)c1. The molecule has 27 heavy (non-hydrogen) atoms. The molecule has 144 valence electrons. The fourth-order valence-corrected chi connectivity index (χ4v) is 2.59. The van der Waals surface area contributed by atoms with E-state index in [1.165, 1.54) is 0 Å². The van der Waals surface area contributed by atoms with E-state index in [9.17, 15) is 4.79 Å². The predicted octanol–water partition coefficient (Wildman–Crippen LogP) is 4.45. The summed E-state index contributed by atoms with van der Waals surface area (Å²) in [5, 5.41) is 6.80. The lowest BCUT2D eigenvalue weighted by Gasteiger charge is -2.14. The normalized spacial score (nSPS) is 10.4. The summed E-state index contributed by atoms with van der Waals surface area (Å²) < 4.78 is 10.7. The molecule has 6 heteroatoms. The second-order valence-corrected chi connectivity index (χ2v) is 6.78. The van der Waals surface area contributed by atoms with Gasteiger partial charge in [0.1, 0.15) is 5.75 Å². The van der Waals surface area contributed by atoms with Crippen molar-refractivity contribution in [1.82, 2.24) is 5.32 Å². The summed E-state index contributed by atoms with van der Waals surface area (Å²) in [6, 6.07) is 13.3. The van der Waals surface area contributed by atoms with Crippen LogP contribution in [0.15, 0.2) is 42.5 Å². The first-order chi connectivity index (χ1) is 12.9. The summed E-state index contributed by atoms with van der Waals surface area (Å²) in [6.45, 7) is 8.66. The number of hydrogen-bond acceptors (Lipinski definition) is 4. The van der Waals surface area contributed by atoms with Gasteiger partial charge in [-0.15, -0.1) is 0 Å². The quantitative estimate of drug-likeness (QED) is 0.542. The van der Waals surface area contributed by atoms with Crippen molar-refractivity contribution in [2.45, 2.75) is 40.3 Å². The molecule has 0 heterocycles. The van der Waals surface area contributed by atoms with Crippen LogP contribution in [0.1, 0.15) is 42.3 Å². The van der Waals surface area contributed by atoms with Crippen molar-refractivity contribution in [3.8, 4) is 5.75 Å². The van der Waals surface area contributed by atoms with Crippen LogP contribution < -0.4 is 15.4 Å². The van der Waals surface area contributed by atoms with E-state index in [1.54, 1.807) is 19.1 Å². The van der Waals surface area contributed by atoms with E-state index in [-0.39, 0.29) is 12.1 Å². The van der Waals surface area contributed by atoms with Crippen molar-refractivity contribution in [3.63, 3.8) is 0 Å². The molecule has 0 fully saturated rings. The van der Waals surface area contributed by atoms with Crippen LogP contribution in [-0.4, -0.2) is 23.8 Å². The molecule has 0 radical (unpaired) electrons. The second-order valence-electron chi connectivity index (χ2n) is 6.37. The number of nitrogens with one attached hydrogen (secondary N) is 2. The lowest BCUT2D eigenvalue weighted by Crippen LogP contribution is -2.28. The van der Waals surface area contributed by atoms with E-state index in [1.807, 2.05) is 51.1 Å². The minimum absolute atomic E-state index is 0.152. The van der Waals surface area contributed by atoms with Crippen LogP contribution in [0.25, 0.3) is 0 Å². The Labute approximate surface area is 166 Å². The smallest absolute Gasteiger partial charge is 0.338 e. The first-order valence-electron chi connectivity index (χ1n) is 8.97. The van der Waals surface area contributed by atoms with E-state index in [2.05, 4.69) is 10.6 Å². The van der Waals surface area contributed by atoms with Crippen molar-refractivity contribution in [1.29, 1.82) is 0 Å². The summed E-state index contributed by atoms with van der Waals surface area (Å²) >= 11 is 5.37. The monoisotopic (exact) mass is 386 g/mol. The van der Waals surface area contributed by atoms with Gasteiger partial charge in [-0.1, -0.05) is 18.2 Å². The number of carbonyl (C=O) groups is 1. The number of rotatable bonds is 7. The fraction of sp³-hybridized carbons (Fsp3) is 0.333. The number of ether oxygens (including phenoxy) is 2. The minimum atomic E-state index is -0.344. The van der Waals surface area contributed by atoms with E-state index < -0.39 is 0 Å². The van der Waals surface area contributed by atoms with E-state index in [0.29, 0.717) is 23.8 Å². The van der Waals surface area contributed by atoms with Gasteiger partial charge >= 0.3 is 5.97 Å². The Morgan fingerprint density at radius 3 is 2.48 bits per heavy atom. The molecule has 0 aliphatic carbocycles. The number of benzene rings is 2. The molecule has 0 saturated carbocycles. The van der Waals surface area contributed by atoms with Crippen LogP contribution in [0.3, 0.4) is 0 Å². The summed E-state index contributed by atoms with van der Waals surface area (Å²) in [7, 11) is 0. The van der Waals surface area contributed by atoms with E-state index in [0.717, 1.165) is 22.6 Å². The molecule has 2 rings (SSSR count). The number of esters is 1. The van der Waals surface area contributed by atoms with Crippen molar-refractivity contribution in [2.75, 3.05) is 11.9 Å². The summed E-state index contributed by atoms with van der Waals surface area (Å²) in [4.78, 5) is 11.9. The second kappa shape index (κ2) is 9.92. The summed E-state index contributed by atoms with van der Waals surface area (Å²) in [6.07, 6.45) is 0.152. The van der Waals surface area contributed by atoms with Gasteiger partial charge in [-0.25, -0.2) is 4.79 Å². The van der Waals surface area contributed by atoms with Gasteiger partial charge in [0.05, 0.1) is 18.3 Å². The molecular formula is C21H26N2O3S. The molecule has 0 spiro atoms. The maximum atomic E-state index is 11.9. The third kappa shape index (κ3) is 6.57. The number of thiocarbonyl (C=S) groups is 1. The molecule has 2 N–H and O–H groups in total. The van der Waals surface area contributed by atoms with Crippen LogP contribution in [0.4, 0.5) is 5.69 Å². The minimum Gasteiger partial charge on any atom is -0.491 e. The van der Waals surface area contributed by atoms with Crippen molar-refractivity contribution < 1.29 is 14.3 Å². The van der Waals surface area contributed by atoms with Crippen molar-refractivity contribution in [3.05, 3.63) is 59.2 Å². The fourth-order valence-electron chi connectivity index (χ4n) is 2.40.